The van der Waals surface area contributed by atoms with Gasteiger partial charge in [0.2, 0.25) is 5.89 Å². The highest BCUT2D eigenvalue weighted by Gasteiger charge is 1.98. The van der Waals surface area contributed by atoms with Crippen LogP contribution in [0.4, 0.5) is 0 Å². The van der Waals surface area contributed by atoms with E-state index < -0.39 is 0 Å². The van der Waals surface area contributed by atoms with E-state index in [1.807, 2.05) is 6.92 Å². The first-order valence-electron chi connectivity index (χ1n) is 4.94. The molecule has 1 N–H and O–H groups in total. The van der Waals surface area contributed by atoms with Crippen LogP contribution in [0.2, 0.25) is 0 Å². The van der Waals surface area contributed by atoms with Crippen LogP contribution in [-0.2, 0) is 11.3 Å². The summed E-state index contributed by atoms with van der Waals surface area (Å²) in [4.78, 5) is 4.10. The minimum Gasteiger partial charge on any atom is -0.445 e. The van der Waals surface area contributed by atoms with E-state index in [1.165, 1.54) is 0 Å². The number of hydrogen-bond donors (Lipinski definition) is 1. The third-order valence-electron chi connectivity index (χ3n) is 1.90. The first-order valence-corrected chi connectivity index (χ1v) is 4.94. The first kappa shape index (κ1) is 11.2. The fraction of sp³-hybridized carbons (Fsp3) is 0.700. The highest BCUT2D eigenvalue weighted by atomic mass is 16.5. The standard InChI is InChI=1S/C10H18N2O2/c1-9-7-12-10(14-9)8-11-5-3-4-6-13-2/h7,11H,3-6,8H2,1-2H3. The number of rotatable bonds is 7. The molecule has 0 atom stereocenters. The zero-order valence-corrected chi connectivity index (χ0v) is 8.88. The van der Waals surface area contributed by atoms with Crippen molar-refractivity contribution in [1.82, 2.24) is 10.3 Å². The quantitative estimate of drug-likeness (QED) is 0.674. The number of nitrogens with one attached hydrogen (secondary N) is 1. The van der Waals surface area contributed by atoms with Crippen molar-refractivity contribution in [2.45, 2.75) is 26.3 Å². The van der Waals surface area contributed by atoms with E-state index in [1.54, 1.807) is 13.3 Å². The molecular weight excluding hydrogens is 180 g/mol. The molecule has 0 saturated carbocycles. The van der Waals surface area contributed by atoms with Crippen LogP contribution in [0.1, 0.15) is 24.5 Å². The third-order valence-corrected chi connectivity index (χ3v) is 1.90. The van der Waals surface area contributed by atoms with Crippen molar-refractivity contribution in [2.75, 3.05) is 20.3 Å². The van der Waals surface area contributed by atoms with Crippen molar-refractivity contribution in [3.63, 3.8) is 0 Å². The molecule has 0 amide bonds. The Balaban J connectivity index is 1.99. The Kier molecular flexibility index (Phi) is 5.25. The van der Waals surface area contributed by atoms with Crippen molar-refractivity contribution >= 4 is 0 Å². The van der Waals surface area contributed by atoms with Gasteiger partial charge in [0.25, 0.3) is 0 Å². The monoisotopic (exact) mass is 198 g/mol. The van der Waals surface area contributed by atoms with Crippen LogP contribution in [0.15, 0.2) is 10.6 Å². The summed E-state index contributed by atoms with van der Waals surface area (Å²) in [6, 6.07) is 0. The van der Waals surface area contributed by atoms with Gasteiger partial charge < -0.3 is 14.5 Å². The third kappa shape index (κ3) is 4.39. The van der Waals surface area contributed by atoms with E-state index in [0.29, 0.717) is 6.54 Å². The number of methoxy groups -OCH3 is 1. The summed E-state index contributed by atoms with van der Waals surface area (Å²) in [6.07, 6.45) is 3.95. The lowest BCUT2D eigenvalue weighted by Crippen LogP contribution is -2.15. The summed E-state index contributed by atoms with van der Waals surface area (Å²) in [5.74, 6) is 1.62. The fourth-order valence-electron chi connectivity index (χ4n) is 1.17. The fourth-order valence-corrected chi connectivity index (χ4v) is 1.17. The molecule has 4 heteroatoms. The number of oxazole rings is 1. The Labute approximate surface area is 84.7 Å². The number of aromatic nitrogens is 1. The van der Waals surface area contributed by atoms with Crippen LogP contribution in [0.5, 0.6) is 0 Å². The van der Waals surface area contributed by atoms with Crippen LogP contribution >= 0.6 is 0 Å². The number of ether oxygens (including phenoxy) is 1. The smallest absolute Gasteiger partial charge is 0.208 e. The van der Waals surface area contributed by atoms with Gasteiger partial charge in [0.15, 0.2) is 0 Å². The maximum absolute atomic E-state index is 5.31. The molecule has 1 aromatic heterocycles. The van der Waals surface area contributed by atoms with Gasteiger partial charge in [-0.15, -0.1) is 0 Å². The average molecular weight is 198 g/mol. The Morgan fingerprint density at radius 2 is 2.36 bits per heavy atom. The van der Waals surface area contributed by atoms with Crippen LogP contribution in [0.25, 0.3) is 0 Å². The van der Waals surface area contributed by atoms with Gasteiger partial charge in [0, 0.05) is 13.7 Å². The molecule has 1 rings (SSSR count). The highest BCUT2D eigenvalue weighted by Crippen LogP contribution is 2.00. The van der Waals surface area contributed by atoms with Crippen LogP contribution in [0.3, 0.4) is 0 Å². The van der Waals surface area contributed by atoms with Crippen LogP contribution < -0.4 is 5.32 Å². The second-order valence-electron chi connectivity index (χ2n) is 3.24. The lowest BCUT2D eigenvalue weighted by Gasteiger charge is -2.01. The largest absolute Gasteiger partial charge is 0.445 e. The predicted molar refractivity (Wildman–Crippen MR) is 54.1 cm³/mol. The number of unbranched alkanes of at least 4 members (excludes halogenated alkanes) is 1. The predicted octanol–water partition coefficient (Wildman–Crippen LogP) is 1.50. The SMILES string of the molecule is COCCCCNCc1ncc(C)o1. The molecule has 14 heavy (non-hydrogen) atoms. The summed E-state index contributed by atoms with van der Waals surface area (Å²) >= 11 is 0. The zero-order valence-electron chi connectivity index (χ0n) is 8.88. The van der Waals surface area contributed by atoms with Crippen molar-refractivity contribution in [2.24, 2.45) is 0 Å². The Hall–Kier alpha value is -0.870. The highest BCUT2D eigenvalue weighted by molar-refractivity contribution is 4.90. The van der Waals surface area contributed by atoms with E-state index in [4.69, 9.17) is 9.15 Å². The Morgan fingerprint density at radius 1 is 1.50 bits per heavy atom. The molecule has 0 aliphatic carbocycles. The maximum atomic E-state index is 5.31. The summed E-state index contributed by atoms with van der Waals surface area (Å²) in [5, 5.41) is 3.26. The van der Waals surface area contributed by atoms with Gasteiger partial charge in [-0.2, -0.15) is 0 Å². The molecule has 0 bridgehead atoms. The second kappa shape index (κ2) is 6.56. The number of hydrogen-bond acceptors (Lipinski definition) is 4. The van der Waals surface area contributed by atoms with E-state index in [2.05, 4.69) is 10.3 Å². The number of aryl methyl sites for hydroxylation is 1. The minimum atomic E-state index is 0.709. The maximum Gasteiger partial charge on any atom is 0.208 e. The zero-order chi connectivity index (χ0) is 10.2. The lowest BCUT2D eigenvalue weighted by molar-refractivity contribution is 0.192. The molecule has 1 heterocycles. The molecule has 0 unspecified atom stereocenters. The molecule has 0 fully saturated rings. The normalized spacial score (nSPS) is 10.7. The summed E-state index contributed by atoms with van der Waals surface area (Å²) in [6.45, 7) is 4.42. The van der Waals surface area contributed by atoms with Crippen molar-refractivity contribution in [1.29, 1.82) is 0 Å². The lowest BCUT2D eigenvalue weighted by atomic mass is 10.3. The van der Waals surface area contributed by atoms with E-state index in [9.17, 15) is 0 Å². The second-order valence-corrected chi connectivity index (χ2v) is 3.24. The van der Waals surface area contributed by atoms with E-state index in [0.717, 1.165) is 37.6 Å². The van der Waals surface area contributed by atoms with E-state index >= 15 is 0 Å². The van der Waals surface area contributed by atoms with Crippen LogP contribution in [-0.4, -0.2) is 25.2 Å². The Bertz CT molecular complexity index is 248. The number of nitrogens with zero attached hydrogens (tertiary/aromatic N) is 1. The first-order chi connectivity index (χ1) is 6.83. The topological polar surface area (TPSA) is 47.3 Å². The molecule has 80 valence electrons. The molecular formula is C10H18N2O2. The Morgan fingerprint density at radius 3 is 3.00 bits per heavy atom. The van der Waals surface area contributed by atoms with Gasteiger partial charge in [0.05, 0.1) is 12.7 Å². The van der Waals surface area contributed by atoms with Crippen molar-refractivity contribution < 1.29 is 9.15 Å². The molecule has 4 nitrogen and oxygen atoms in total. The van der Waals surface area contributed by atoms with Gasteiger partial charge in [-0.1, -0.05) is 0 Å². The molecule has 0 spiro atoms. The molecule has 0 saturated heterocycles. The van der Waals surface area contributed by atoms with E-state index in [-0.39, 0.29) is 0 Å². The molecule has 1 aromatic rings. The minimum absolute atomic E-state index is 0.709. The van der Waals surface area contributed by atoms with Crippen molar-refractivity contribution in [3.8, 4) is 0 Å². The van der Waals surface area contributed by atoms with Crippen molar-refractivity contribution in [3.05, 3.63) is 17.8 Å². The van der Waals surface area contributed by atoms with Gasteiger partial charge in [0.1, 0.15) is 5.76 Å². The summed E-state index contributed by atoms with van der Waals surface area (Å²) in [7, 11) is 1.73. The molecule has 0 radical (unpaired) electrons. The van der Waals surface area contributed by atoms with Gasteiger partial charge in [-0.05, 0) is 26.3 Å². The van der Waals surface area contributed by atoms with Gasteiger partial charge in [-0.25, -0.2) is 4.98 Å². The summed E-state index contributed by atoms with van der Waals surface area (Å²) in [5.41, 5.74) is 0. The molecule has 0 aromatic carbocycles. The van der Waals surface area contributed by atoms with Gasteiger partial charge in [-0.3, -0.25) is 0 Å². The summed E-state index contributed by atoms with van der Waals surface area (Å²) < 4.78 is 10.3. The van der Waals surface area contributed by atoms with Gasteiger partial charge >= 0.3 is 0 Å². The molecule has 0 aliphatic heterocycles. The average Bonchev–Trinajstić information content (AvgIpc) is 2.58. The van der Waals surface area contributed by atoms with Crippen LogP contribution in [0, 0.1) is 6.92 Å². The molecule has 0 aliphatic rings.